The van der Waals surface area contributed by atoms with Crippen molar-refractivity contribution in [2.24, 2.45) is 0 Å². The van der Waals surface area contributed by atoms with Crippen LogP contribution in [-0.4, -0.2) is 12.0 Å². The quantitative estimate of drug-likeness (QED) is 0.340. The Morgan fingerprint density at radius 1 is 0.833 bits per heavy atom. The molecular formula is C22H40N2. The predicted molar refractivity (Wildman–Crippen MR) is 108 cm³/mol. The van der Waals surface area contributed by atoms with Crippen molar-refractivity contribution in [3.05, 3.63) is 23.9 Å². The van der Waals surface area contributed by atoms with Crippen molar-refractivity contribution in [3.8, 4) is 0 Å². The third-order valence-corrected chi connectivity index (χ3v) is 5.08. The lowest BCUT2D eigenvalue weighted by atomic mass is 9.88. The van der Waals surface area contributed by atoms with Crippen molar-refractivity contribution in [2.75, 3.05) is 12.4 Å². The SMILES string of the molecule is CCCCCCCCC(CCCCCCC)c1cccnc1NC. The molecule has 0 amide bonds. The maximum Gasteiger partial charge on any atom is 0.129 e. The van der Waals surface area contributed by atoms with Gasteiger partial charge in [-0.1, -0.05) is 90.5 Å². The highest BCUT2D eigenvalue weighted by Crippen LogP contribution is 2.32. The molecule has 1 atom stereocenters. The van der Waals surface area contributed by atoms with Crippen LogP contribution >= 0.6 is 0 Å². The number of hydrogen-bond donors (Lipinski definition) is 1. The summed E-state index contributed by atoms with van der Waals surface area (Å²) in [5, 5.41) is 3.29. The van der Waals surface area contributed by atoms with Crippen LogP contribution in [0.15, 0.2) is 18.3 Å². The van der Waals surface area contributed by atoms with Crippen molar-refractivity contribution in [1.82, 2.24) is 4.98 Å². The van der Waals surface area contributed by atoms with E-state index in [1.54, 1.807) is 0 Å². The molecule has 1 N–H and O–H groups in total. The Bertz CT molecular complexity index is 403. The maximum absolute atomic E-state index is 4.53. The molecule has 0 saturated heterocycles. The molecule has 2 nitrogen and oxygen atoms in total. The molecule has 0 aliphatic rings. The van der Waals surface area contributed by atoms with Gasteiger partial charge in [-0.25, -0.2) is 4.98 Å². The Kier molecular flexibility index (Phi) is 12.5. The van der Waals surface area contributed by atoms with E-state index in [-0.39, 0.29) is 0 Å². The average molecular weight is 333 g/mol. The monoisotopic (exact) mass is 332 g/mol. The fourth-order valence-electron chi connectivity index (χ4n) is 3.58. The molecule has 0 aromatic carbocycles. The lowest BCUT2D eigenvalue weighted by molar-refractivity contribution is 0.488. The maximum atomic E-state index is 4.53. The highest BCUT2D eigenvalue weighted by Gasteiger charge is 2.15. The molecule has 0 radical (unpaired) electrons. The molecule has 1 aromatic rings. The molecule has 24 heavy (non-hydrogen) atoms. The molecule has 0 saturated carbocycles. The van der Waals surface area contributed by atoms with Gasteiger partial charge >= 0.3 is 0 Å². The molecule has 1 rings (SSSR count). The van der Waals surface area contributed by atoms with Crippen LogP contribution in [0.5, 0.6) is 0 Å². The zero-order chi connectivity index (χ0) is 17.5. The minimum absolute atomic E-state index is 0.675. The van der Waals surface area contributed by atoms with Gasteiger partial charge in [0.2, 0.25) is 0 Å². The number of aromatic nitrogens is 1. The molecule has 1 heterocycles. The van der Waals surface area contributed by atoms with E-state index in [2.05, 4.69) is 36.3 Å². The van der Waals surface area contributed by atoms with Gasteiger partial charge in [0.25, 0.3) is 0 Å². The van der Waals surface area contributed by atoms with Crippen molar-refractivity contribution < 1.29 is 0 Å². The standard InChI is InChI=1S/C22H40N2/c1-4-6-8-10-12-14-17-20(16-13-11-9-7-5-2)21-18-15-19-24-22(21)23-3/h15,18-20H,4-14,16-17H2,1-3H3,(H,23,24). The first-order chi connectivity index (χ1) is 11.8. The zero-order valence-electron chi connectivity index (χ0n) is 16.4. The Hall–Kier alpha value is -1.05. The van der Waals surface area contributed by atoms with E-state index in [9.17, 15) is 0 Å². The molecular weight excluding hydrogens is 292 g/mol. The fraction of sp³-hybridized carbons (Fsp3) is 0.773. The van der Waals surface area contributed by atoms with Crippen LogP contribution in [0.1, 0.15) is 109 Å². The van der Waals surface area contributed by atoms with E-state index in [1.165, 1.54) is 89.0 Å². The van der Waals surface area contributed by atoms with Gasteiger partial charge in [-0.3, -0.25) is 0 Å². The topological polar surface area (TPSA) is 24.9 Å². The first-order valence-electron chi connectivity index (χ1n) is 10.5. The fourth-order valence-corrected chi connectivity index (χ4v) is 3.58. The van der Waals surface area contributed by atoms with Gasteiger partial charge in [-0.2, -0.15) is 0 Å². The number of rotatable bonds is 15. The number of nitrogens with one attached hydrogen (secondary N) is 1. The van der Waals surface area contributed by atoms with Gasteiger partial charge < -0.3 is 5.32 Å². The van der Waals surface area contributed by atoms with Crippen molar-refractivity contribution in [3.63, 3.8) is 0 Å². The summed E-state index contributed by atoms with van der Waals surface area (Å²) in [6, 6.07) is 4.38. The van der Waals surface area contributed by atoms with Crippen molar-refractivity contribution in [1.29, 1.82) is 0 Å². The summed E-state index contributed by atoms with van der Waals surface area (Å²) >= 11 is 0. The molecule has 0 bridgehead atoms. The molecule has 138 valence electrons. The first-order valence-corrected chi connectivity index (χ1v) is 10.5. The van der Waals surface area contributed by atoms with E-state index in [0.29, 0.717) is 5.92 Å². The third-order valence-electron chi connectivity index (χ3n) is 5.08. The van der Waals surface area contributed by atoms with Gasteiger partial charge in [-0.15, -0.1) is 0 Å². The van der Waals surface area contributed by atoms with Crippen LogP contribution in [-0.2, 0) is 0 Å². The number of unbranched alkanes of at least 4 members (excludes halogenated alkanes) is 9. The van der Waals surface area contributed by atoms with E-state index < -0.39 is 0 Å². The zero-order valence-corrected chi connectivity index (χ0v) is 16.4. The second-order valence-corrected chi connectivity index (χ2v) is 7.15. The summed E-state index contributed by atoms with van der Waals surface area (Å²) in [6.45, 7) is 4.58. The van der Waals surface area contributed by atoms with Gasteiger partial charge in [-0.05, 0) is 30.4 Å². The number of anilines is 1. The molecule has 0 aliphatic heterocycles. The van der Waals surface area contributed by atoms with E-state index >= 15 is 0 Å². The predicted octanol–water partition coefficient (Wildman–Crippen LogP) is 7.32. The van der Waals surface area contributed by atoms with Gasteiger partial charge in [0.1, 0.15) is 5.82 Å². The number of pyridine rings is 1. The average Bonchev–Trinajstić information content (AvgIpc) is 2.62. The Balaban J connectivity index is 2.49. The Labute approximate surface area is 150 Å². The first kappa shape index (κ1) is 21.0. The normalized spacial score (nSPS) is 12.3. The lowest BCUT2D eigenvalue weighted by Crippen LogP contribution is -2.05. The Morgan fingerprint density at radius 3 is 1.92 bits per heavy atom. The second-order valence-electron chi connectivity index (χ2n) is 7.15. The summed E-state index contributed by atoms with van der Waals surface area (Å²) in [4.78, 5) is 4.53. The van der Waals surface area contributed by atoms with Gasteiger partial charge in [0.05, 0.1) is 0 Å². The summed E-state index contributed by atoms with van der Waals surface area (Å²) in [7, 11) is 1.99. The van der Waals surface area contributed by atoms with E-state index in [1.807, 2.05) is 13.2 Å². The van der Waals surface area contributed by atoms with E-state index in [0.717, 1.165) is 5.82 Å². The lowest BCUT2D eigenvalue weighted by Gasteiger charge is -2.20. The highest BCUT2D eigenvalue weighted by atomic mass is 15.0. The molecule has 0 aliphatic carbocycles. The molecule has 0 fully saturated rings. The van der Waals surface area contributed by atoms with Crippen molar-refractivity contribution >= 4 is 5.82 Å². The summed E-state index contributed by atoms with van der Waals surface area (Å²) in [5.41, 5.74) is 1.43. The number of nitrogens with zero attached hydrogens (tertiary/aromatic N) is 1. The molecule has 0 spiro atoms. The third kappa shape index (κ3) is 8.70. The van der Waals surface area contributed by atoms with Crippen LogP contribution in [0.25, 0.3) is 0 Å². The smallest absolute Gasteiger partial charge is 0.129 e. The summed E-state index contributed by atoms with van der Waals surface area (Å²) in [6.07, 6.45) is 19.7. The largest absolute Gasteiger partial charge is 0.373 e. The van der Waals surface area contributed by atoms with Crippen molar-refractivity contribution in [2.45, 2.75) is 103 Å². The van der Waals surface area contributed by atoms with Crippen LogP contribution < -0.4 is 5.32 Å². The Morgan fingerprint density at radius 2 is 1.38 bits per heavy atom. The highest BCUT2D eigenvalue weighted by molar-refractivity contribution is 5.45. The molecule has 1 aromatic heterocycles. The van der Waals surface area contributed by atoms with Crippen LogP contribution in [0.3, 0.4) is 0 Å². The van der Waals surface area contributed by atoms with E-state index in [4.69, 9.17) is 0 Å². The number of hydrogen-bond acceptors (Lipinski definition) is 2. The van der Waals surface area contributed by atoms with Gasteiger partial charge in [0.15, 0.2) is 0 Å². The molecule has 1 unspecified atom stereocenters. The van der Waals surface area contributed by atoms with Gasteiger partial charge in [0, 0.05) is 13.2 Å². The van der Waals surface area contributed by atoms with Crippen LogP contribution in [0.2, 0.25) is 0 Å². The second kappa shape index (κ2) is 14.3. The minimum Gasteiger partial charge on any atom is -0.373 e. The minimum atomic E-state index is 0.675. The van der Waals surface area contributed by atoms with Crippen LogP contribution in [0.4, 0.5) is 5.82 Å². The van der Waals surface area contributed by atoms with Crippen LogP contribution in [0, 0.1) is 0 Å². The molecule has 2 heteroatoms. The summed E-state index contributed by atoms with van der Waals surface area (Å²) in [5.74, 6) is 1.76. The summed E-state index contributed by atoms with van der Waals surface area (Å²) < 4.78 is 0.